The molecule has 86 valence electrons. The fourth-order valence-electron chi connectivity index (χ4n) is 1.99. The molecule has 0 saturated heterocycles. The van der Waals surface area contributed by atoms with Gasteiger partial charge in [0.25, 0.3) is 0 Å². The van der Waals surface area contributed by atoms with Crippen LogP contribution in [-0.4, -0.2) is 37.4 Å². The molecule has 1 aliphatic carbocycles. The first kappa shape index (κ1) is 12.0. The third-order valence-electron chi connectivity index (χ3n) is 2.83. The molecule has 0 aromatic heterocycles. The number of aliphatic hydroxyl groups excluding tert-OH is 1. The summed E-state index contributed by atoms with van der Waals surface area (Å²) in [4.78, 5) is 22.8. The van der Waals surface area contributed by atoms with Gasteiger partial charge in [-0.15, -0.1) is 0 Å². The van der Waals surface area contributed by atoms with Gasteiger partial charge in [0, 0.05) is 0 Å². The van der Waals surface area contributed by atoms with Crippen LogP contribution in [-0.2, 0) is 19.1 Å². The summed E-state index contributed by atoms with van der Waals surface area (Å²) in [6, 6.07) is 0. The molecule has 1 rings (SSSR count). The quantitative estimate of drug-likeness (QED) is 0.663. The molecule has 0 spiro atoms. The molecule has 1 saturated carbocycles. The number of hydrogen-bond acceptors (Lipinski definition) is 5. The maximum absolute atomic E-state index is 11.4. The Bertz CT molecular complexity index is 250. The topological polar surface area (TPSA) is 72.8 Å². The first-order valence-corrected chi connectivity index (χ1v) is 4.93. The van der Waals surface area contributed by atoms with Crippen LogP contribution in [0.25, 0.3) is 0 Å². The normalized spacial score (nSPS) is 30.7. The Hall–Kier alpha value is -1.10. The van der Waals surface area contributed by atoms with Gasteiger partial charge in [0.15, 0.2) is 0 Å². The predicted octanol–water partition coefficient (Wildman–Crippen LogP) is 0.110. The summed E-state index contributed by atoms with van der Waals surface area (Å²) in [7, 11) is 2.57. The molecule has 5 nitrogen and oxygen atoms in total. The summed E-state index contributed by atoms with van der Waals surface area (Å²) >= 11 is 0. The average Bonchev–Trinajstić information content (AvgIpc) is 2.26. The van der Waals surface area contributed by atoms with Crippen LogP contribution in [0.1, 0.15) is 19.3 Å². The van der Waals surface area contributed by atoms with Crippen LogP contribution in [0.3, 0.4) is 0 Å². The second-order valence-corrected chi connectivity index (χ2v) is 3.73. The second-order valence-electron chi connectivity index (χ2n) is 3.73. The third kappa shape index (κ3) is 2.68. The van der Waals surface area contributed by atoms with Gasteiger partial charge >= 0.3 is 11.9 Å². The number of methoxy groups -OCH3 is 2. The molecular formula is C10H16O5. The van der Waals surface area contributed by atoms with Crippen LogP contribution in [0.4, 0.5) is 0 Å². The van der Waals surface area contributed by atoms with E-state index in [1.807, 2.05) is 0 Å². The lowest BCUT2D eigenvalue weighted by Crippen LogP contribution is -2.38. The first-order valence-electron chi connectivity index (χ1n) is 4.93. The third-order valence-corrected chi connectivity index (χ3v) is 2.83. The van der Waals surface area contributed by atoms with Crippen LogP contribution in [0.2, 0.25) is 0 Å². The van der Waals surface area contributed by atoms with Crippen molar-refractivity contribution in [2.24, 2.45) is 11.8 Å². The Morgan fingerprint density at radius 3 is 2.13 bits per heavy atom. The van der Waals surface area contributed by atoms with E-state index in [9.17, 15) is 14.7 Å². The van der Waals surface area contributed by atoms with Crippen LogP contribution in [0.15, 0.2) is 0 Å². The van der Waals surface area contributed by atoms with Gasteiger partial charge in [-0.2, -0.15) is 0 Å². The van der Waals surface area contributed by atoms with E-state index in [-0.39, 0.29) is 6.42 Å². The minimum absolute atomic E-state index is 0.270. The van der Waals surface area contributed by atoms with Crippen molar-refractivity contribution in [3.8, 4) is 0 Å². The van der Waals surface area contributed by atoms with Crippen molar-refractivity contribution in [1.29, 1.82) is 0 Å². The number of carbonyl (C=O) groups is 2. The maximum Gasteiger partial charge on any atom is 0.309 e. The number of esters is 2. The fraction of sp³-hybridized carbons (Fsp3) is 0.800. The minimum atomic E-state index is -0.578. The van der Waals surface area contributed by atoms with Crippen LogP contribution in [0, 0.1) is 11.8 Å². The molecule has 0 bridgehead atoms. The van der Waals surface area contributed by atoms with Crippen LogP contribution >= 0.6 is 0 Å². The first-order chi connectivity index (χ1) is 7.10. The molecule has 0 aromatic rings. The molecule has 1 N–H and O–H groups in total. The lowest BCUT2D eigenvalue weighted by molar-refractivity contribution is -0.161. The molecule has 15 heavy (non-hydrogen) atoms. The van der Waals surface area contributed by atoms with Gasteiger partial charge in [-0.3, -0.25) is 9.59 Å². The van der Waals surface area contributed by atoms with Gasteiger partial charge in [0.2, 0.25) is 0 Å². The van der Waals surface area contributed by atoms with Gasteiger partial charge in [-0.25, -0.2) is 0 Å². The Kier molecular flexibility index (Phi) is 4.08. The standard InChI is InChI=1S/C10H16O5/c1-14-9(12)7-4-3-6(11)5-8(7)10(13)15-2/h6-8,11H,3-5H2,1-2H3/t6-,7+,8+/m1/s1. The highest BCUT2D eigenvalue weighted by atomic mass is 16.5. The van der Waals surface area contributed by atoms with E-state index >= 15 is 0 Å². The molecule has 1 aliphatic rings. The highest BCUT2D eigenvalue weighted by Gasteiger charge is 2.40. The van der Waals surface area contributed by atoms with Crippen LogP contribution < -0.4 is 0 Å². The maximum atomic E-state index is 11.4. The highest BCUT2D eigenvalue weighted by molar-refractivity contribution is 5.82. The Morgan fingerprint density at radius 1 is 1.07 bits per heavy atom. The summed E-state index contributed by atoms with van der Waals surface area (Å²) in [5.74, 6) is -1.92. The second kappa shape index (κ2) is 5.11. The molecule has 3 atom stereocenters. The summed E-state index contributed by atoms with van der Waals surface area (Å²) in [6.45, 7) is 0. The fourth-order valence-corrected chi connectivity index (χ4v) is 1.99. The molecule has 0 amide bonds. The molecule has 0 aliphatic heterocycles. The van der Waals surface area contributed by atoms with E-state index < -0.39 is 29.9 Å². The molecule has 0 aromatic carbocycles. The van der Waals surface area contributed by atoms with Gasteiger partial charge in [-0.1, -0.05) is 0 Å². The number of hydrogen-bond donors (Lipinski definition) is 1. The van der Waals surface area contributed by atoms with Gasteiger partial charge in [0.05, 0.1) is 32.2 Å². The van der Waals surface area contributed by atoms with E-state index in [0.717, 1.165) is 0 Å². The van der Waals surface area contributed by atoms with Crippen molar-refractivity contribution in [2.75, 3.05) is 14.2 Å². The van der Waals surface area contributed by atoms with Crippen molar-refractivity contribution >= 4 is 11.9 Å². The average molecular weight is 216 g/mol. The molecule has 0 heterocycles. The molecular weight excluding hydrogens is 200 g/mol. The number of ether oxygens (including phenoxy) is 2. The highest BCUT2D eigenvalue weighted by Crippen LogP contribution is 2.32. The Labute approximate surface area is 88.4 Å². The summed E-state index contributed by atoms with van der Waals surface area (Å²) in [5.41, 5.74) is 0. The monoisotopic (exact) mass is 216 g/mol. The summed E-state index contributed by atoms with van der Waals surface area (Å²) < 4.78 is 9.23. The zero-order chi connectivity index (χ0) is 11.4. The molecule has 0 unspecified atom stereocenters. The zero-order valence-corrected chi connectivity index (χ0v) is 8.93. The lowest BCUT2D eigenvalue weighted by Gasteiger charge is -2.30. The van der Waals surface area contributed by atoms with Gasteiger partial charge in [-0.05, 0) is 19.3 Å². The van der Waals surface area contributed by atoms with Crippen molar-refractivity contribution in [3.63, 3.8) is 0 Å². The van der Waals surface area contributed by atoms with E-state index in [1.165, 1.54) is 14.2 Å². The minimum Gasteiger partial charge on any atom is -0.469 e. The number of aliphatic hydroxyl groups is 1. The lowest BCUT2D eigenvalue weighted by atomic mass is 9.78. The van der Waals surface area contributed by atoms with Gasteiger partial charge in [0.1, 0.15) is 0 Å². The summed E-state index contributed by atoms with van der Waals surface area (Å²) in [6.07, 6.45) is 0.725. The van der Waals surface area contributed by atoms with Crippen molar-refractivity contribution in [2.45, 2.75) is 25.4 Å². The van der Waals surface area contributed by atoms with Crippen molar-refractivity contribution in [1.82, 2.24) is 0 Å². The van der Waals surface area contributed by atoms with E-state index in [2.05, 4.69) is 9.47 Å². The number of carbonyl (C=O) groups excluding carboxylic acids is 2. The van der Waals surface area contributed by atoms with E-state index in [0.29, 0.717) is 12.8 Å². The summed E-state index contributed by atoms with van der Waals surface area (Å²) in [5, 5.41) is 9.44. The van der Waals surface area contributed by atoms with E-state index in [1.54, 1.807) is 0 Å². The largest absolute Gasteiger partial charge is 0.469 e. The Morgan fingerprint density at radius 2 is 1.60 bits per heavy atom. The zero-order valence-electron chi connectivity index (χ0n) is 8.93. The predicted molar refractivity (Wildman–Crippen MR) is 50.9 cm³/mol. The van der Waals surface area contributed by atoms with Crippen LogP contribution in [0.5, 0.6) is 0 Å². The molecule has 0 radical (unpaired) electrons. The van der Waals surface area contributed by atoms with E-state index in [4.69, 9.17) is 0 Å². The van der Waals surface area contributed by atoms with Gasteiger partial charge < -0.3 is 14.6 Å². The van der Waals surface area contributed by atoms with Crippen molar-refractivity contribution in [3.05, 3.63) is 0 Å². The molecule has 1 fully saturated rings. The number of rotatable bonds is 2. The smallest absolute Gasteiger partial charge is 0.309 e. The SMILES string of the molecule is COC(=O)[C@H]1CC[C@@H](O)C[C@@H]1C(=O)OC. The molecule has 5 heteroatoms. The van der Waals surface area contributed by atoms with Crippen molar-refractivity contribution < 1.29 is 24.2 Å². The Balaban J connectivity index is 2.74.